The standard InChI is InChI=1S/C26H29F3N4O2S/c1-32-12-8-18(9-13-32)30-24(34)25-31-22-7-6-21(16-23(22)36-25)35-20-10-14-33(15-11-20)19-4-2-17(3-5-19)26(27,28)29/h2-7,16,18,20H,8-15H2,1H3,(H,30,34). The summed E-state index contributed by atoms with van der Waals surface area (Å²) in [6.45, 7) is 3.38. The zero-order valence-corrected chi connectivity index (χ0v) is 20.9. The van der Waals surface area contributed by atoms with E-state index in [0.29, 0.717) is 18.1 Å². The fourth-order valence-corrected chi connectivity index (χ4v) is 5.66. The third-order valence-corrected chi connectivity index (χ3v) is 7.93. The molecule has 1 aromatic heterocycles. The number of aromatic nitrogens is 1. The topological polar surface area (TPSA) is 57.7 Å². The molecular formula is C26H29F3N4O2S. The Labute approximate surface area is 212 Å². The summed E-state index contributed by atoms with van der Waals surface area (Å²) in [5.41, 5.74) is 0.932. The summed E-state index contributed by atoms with van der Waals surface area (Å²) in [5, 5.41) is 3.58. The summed E-state index contributed by atoms with van der Waals surface area (Å²) >= 11 is 1.37. The van der Waals surface area contributed by atoms with Crippen molar-refractivity contribution in [3.05, 3.63) is 53.0 Å². The Hall–Kier alpha value is -2.85. The van der Waals surface area contributed by atoms with Crippen LogP contribution in [0.4, 0.5) is 18.9 Å². The Morgan fingerprint density at radius 1 is 1.03 bits per heavy atom. The van der Waals surface area contributed by atoms with Gasteiger partial charge in [-0.15, -0.1) is 11.3 Å². The Morgan fingerprint density at radius 3 is 2.39 bits per heavy atom. The minimum absolute atomic E-state index is 0.0215. The molecule has 0 bridgehead atoms. The number of likely N-dealkylation sites (tertiary alicyclic amines) is 1. The molecule has 0 saturated carbocycles. The minimum atomic E-state index is -4.32. The van der Waals surface area contributed by atoms with Crippen LogP contribution in [0.15, 0.2) is 42.5 Å². The highest BCUT2D eigenvalue weighted by Crippen LogP contribution is 2.32. The zero-order valence-electron chi connectivity index (χ0n) is 20.1. The molecule has 3 heterocycles. The van der Waals surface area contributed by atoms with Crippen LogP contribution in [0.1, 0.15) is 41.0 Å². The third kappa shape index (κ3) is 5.75. The van der Waals surface area contributed by atoms with E-state index in [9.17, 15) is 18.0 Å². The van der Waals surface area contributed by atoms with Gasteiger partial charge in [0.15, 0.2) is 5.01 Å². The maximum Gasteiger partial charge on any atom is 0.416 e. The number of ether oxygens (including phenoxy) is 1. The first kappa shape index (κ1) is 24.8. The van der Waals surface area contributed by atoms with Gasteiger partial charge in [0.1, 0.15) is 11.9 Å². The average molecular weight is 519 g/mol. The number of halogens is 3. The van der Waals surface area contributed by atoms with Gasteiger partial charge in [0.25, 0.3) is 5.91 Å². The van der Waals surface area contributed by atoms with Gasteiger partial charge < -0.3 is 19.9 Å². The highest BCUT2D eigenvalue weighted by Gasteiger charge is 2.30. The number of nitrogens with zero attached hydrogens (tertiary/aromatic N) is 3. The van der Waals surface area contributed by atoms with Gasteiger partial charge in [-0.1, -0.05) is 0 Å². The summed E-state index contributed by atoms with van der Waals surface area (Å²) in [4.78, 5) is 21.6. The lowest BCUT2D eigenvalue weighted by atomic mass is 10.1. The largest absolute Gasteiger partial charge is 0.490 e. The van der Waals surface area contributed by atoms with Crippen molar-refractivity contribution in [2.75, 3.05) is 38.1 Å². The Balaban J connectivity index is 1.16. The molecule has 2 aromatic carbocycles. The number of rotatable bonds is 5. The fourth-order valence-electron chi connectivity index (χ4n) is 4.76. The molecule has 3 aromatic rings. The first-order valence-corrected chi connectivity index (χ1v) is 13.0. The first-order chi connectivity index (χ1) is 17.2. The van der Waals surface area contributed by atoms with Crippen molar-refractivity contribution in [2.45, 2.75) is 44.0 Å². The van der Waals surface area contributed by atoms with Crippen molar-refractivity contribution < 1.29 is 22.7 Å². The fraction of sp³-hybridized carbons (Fsp3) is 0.462. The van der Waals surface area contributed by atoms with Crippen molar-refractivity contribution >= 4 is 33.1 Å². The van der Waals surface area contributed by atoms with Gasteiger partial charge in [-0.25, -0.2) is 4.98 Å². The predicted octanol–water partition coefficient (Wildman–Crippen LogP) is 5.19. The van der Waals surface area contributed by atoms with E-state index < -0.39 is 11.7 Å². The van der Waals surface area contributed by atoms with Gasteiger partial charge >= 0.3 is 6.18 Å². The van der Waals surface area contributed by atoms with Crippen molar-refractivity contribution in [3.63, 3.8) is 0 Å². The van der Waals surface area contributed by atoms with Gasteiger partial charge in [-0.2, -0.15) is 13.2 Å². The third-order valence-electron chi connectivity index (χ3n) is 6.91. The molecule has 2 aliphatic rings. The van der Waals surface area contributed by atoms with Gasteiger partial charge in [0, 0.05) is 37.7 Å². The number of piperidine rings is 2. The summed E-state index contributed by atoms with van der Waals surface area (Å²) < 4.78 is 45.5. The van der Waals surface area contributed by atoms with E-state index >= 15 is 0 Å². The number of anilines is 1. The molecule has 0 spiro atoms. The monoisotopic (exact) mass is 518 g/mol. The van der Waals surface area contributed by atoms with Gasteiger partial charge in [-0.05, 0) is 75.4 Å². The number of amides is 1. The van der Waals surface area contributed by atoms with Crippen molar-refractivity contribution in [1.29, 1.82) is 0 Å². The normalized spacial score (nSPS) is 18.5. The smallest absolute Gasteiger partial charge is 0.416 e. The predicted molar refractivity (Wildman–Crippen MR) is 135 cm³/mol. The number of hydrogen-bond donors (Lipinski definition) is 1. The lowest BCUT2D eigenvalue weighted by Crippen LogP contribution is -2.43. The van der Waals surface area contributed by atoms with Crippen LogP contribution in [0.2, 0.25) is 0 Å². The molecule has 192 valence electrons. The van der Waals surface area contributed by atoms with Gasteiger partial charge in [-0.3, -0.25) is 4.79 Å². The summed E-state index contributed by atoms with van der Waals surface area (Å²) in [6.07, 6.45) is -0.868. The summed E-state index contributed by atoms with van der Waals surface area (Å²) in [5.74, 6) is 0.616. The number of benzene rings is 2. The van der Waals surface area contributed by atoms with E-state index in [1.807, 2.05) is 18.2 Å². The van der Waals surface area contributed by atoms with Gasteiger partial charge in [0.05, 0.1) is 15.8 Å². The molecule has 5 rings (SSSR count). The molecule has 36 heavy (non-hydrogen) atoms. The van der Waals surface area contributed by atoms with Crippen LogP contribution in [-0.2, 0) is 6.18 Å². The molecule has 6 nitrogen and oxygen atoms in total. The number of carbonyl (C=O) groups is 1. The van der Waals surface area contributed by atoms with E-state index in [0.717, 1.165) is 72.6 Å². The van der Waals surface area contributed by atoms with Crippen LogP contribution in [0.25, 0.3) is 10.2 Å². The molecule has 0 radical (unpaired) electrons. The Bertz CT molecular complexity index is 1200. The second-order valence-electron chi connectivity index (χ2n) is 9.55. The van der Waals surface area contributed by atoms with Crippen LogP contribution in [-0.4, -0.2) is 61.2 Å². The summed E-state index contributed by atoms with van der Waals surface area (Å²) in [7, 11) is 2.09. The van der Waals surface area contributed by atoms with Crippen LogP contribution >= 0.6 is 11.3 Å². The quantitative estimate of drug-likeness (QED) is 0.504. The number of fused-ring (bicyclic) bond motifs is 1. The molecule has 0 aliphatic carbocycles. The Morgan fingerprint density at radius 2 is 1.72 bits per heavy atom. The number of nitrogens with one attached hydrogen (secondary N) is 1. The van der Waals surface area contributed by atoms with Crippen LogP contribution in [0.5, 0.6) is 5.75 Å². The summed E-state index contributed by atoms with van der Waals surface area (Å²) in [6, 6.07) is 11.2. The zero-order chi connectivity index (χ0) is 25.3. The molecular weight excluding hydrogens is 489 g/mol. The average Bonchev–Trinajstić information content (AvgIpc) is 3.29. The van der Waals surface area contributed by atoms with Crippen LogP contribution < -0.4 is 15.0 Å². The molecule has 0 atom stereocenters. The molecule has 2 fully saturated rings. The SMILES string of the molecule is CN1CCC(NC(=O)c2nc3ccc(OC4CCN(c5ccc(C(F)(F)F)cc5)CC4)cc3s2)CC1. The lowest BCUT2D eigenvalue weighted by Gasteiger charge is -2.33. The number of alkyl halides is 3. The van der Waals surface area contributed by atoms with E-state index in [4.69, 9.17) is 4.74 Å². The maximum atomic E-state index is 12.8. The number of thiazole rings is 1. The number of hydrogen-bond acceptors (Lipinski definition) is 6. The molecule has 2 aliphatic heterocycles. The molecule has 1 amide bonds. The maximum absolute atomic E-state index is 12.8. The van der Waals surface area contributed by atoms with Gasteiger partial charge in [0.2, 0.25) is 0 Å². The molecule has 0 unspecified atom stereocenters. The minimum Gasteiger partial charge on any atom is -0.490 e. The van der Waals surface area contributed by atoms with E-state index in [2.05, 4.69) is 27.1 Å². The number of carbonyl (C=O) groups excluding carboxylic acids is 1. The van der Waals surface area contributed by atoms with Crippen molar-refractivity contribution in [3.8, 4) is 5.75 Å². The van der Waals surface area contributed by atoms with E-state index in [1.54, 1.807) is 0 Å². The van der Waals surface area contributed by atoms with Crippen molar-refractivity contribution in [1.82, 2.24) is 15.2 Å². The molecule has 1 N–H and O–H groups in total. The van der Waals surface area contributed by atoms with Crippen LogP contribution in [0, 0.1) is 0 Å². The van der Waals surface area contributed by atoms with Crippen molar-refractivity contribution in [2.24, 2.45) is 0 Å². The first-order valence-electron chi connectivity index (χ1n) is 12.2. The Kier molecular flexibility index (Phi) is 7.07. The second-order valence-corrected chi connectivity index (χ2v) is 10.6. The highest BCUT2D eigenvalue weighted by atomic mass is 32.1. The molecule has 10 heteroatoms. The van der Waals surface area contributed by atoms with Crippen LogP contribution in [0.3, 0.4) is 0 Å². The van der Waals surface area contributed by atoms with E-state index in [1.165, 1.54) is 23.5 Å². The molecule has 2 saturated heterocycles. The lowest BCUT2D eigenvalue weighted by molar-refractivity contribution is -0.137. The van der Waals surface area contributed by atoms with E-state index in [-0.39, 0.29) is 18.1 Å². The second kappa shape index (κ2) is 10.3. The highest BCUT2D eigenvalue weighted by molar-refractivity contribution is 7.20.